The average molecular weight is 423 g/mol. The van der Waals surface area contributed by atoms with Gasteiger partial charge in [0.2, 0.25) is 0 Å². The molecular weight excluding hydrogens is 408 g/mol. The maximum Gasteiger partial charge on any atom is 0.258 e. The molecule has 0 unspecified atom stereocenters. The molecule has 140 valence electrons. The van der Waals surface area contributed by atoms with E-state index in [1.807, 2.05) is 12.3 Å². The predicted octanol–water partition coefficient (Wildman–Crippen LogP) is 3.30. The highest BCUT2D eigenvalue weighted by Crippen LogP contribution is 2.23. The number of halogens is 1. The number of hydrogen-bond donors (Lipinski definition) is 1. The van der Waals surface area contributed by atoms with Gasteiger partial charge in [0, 0.05) is 34.3 Å². The van der Waals surface area contributed by atoms with E-state index >= 15 is 0 Å². The van der Waals surface area contributed by atoms with E-state index in [2.05, 4.69) is 15.4 Å². The van der Waals surface area contributed by atoms with Crippen LogP contribution < -0.4 is 5.32 Å². The first-order chi connectivity index (χ1) is 12.8. The molecule has 10 heteroatoms. The van der Waals surface area contributed by atoms with Crippen LogP contribution in [0, 0.1) is 0 Å². The Labute approximate surface area is 165 Å². The van der Waals surface area contributed by atoms with E-state index in [0.29, 0.717) is 11.4 Å². The fourth-order valence-electron chi connectivity index (χ4n) is 2.25. The maximum absolute atomic E-state index is 12.5. The van der Waals surface area contributed by atoms with Gasteiger partial charge in [0.25, 0.3) is 5.91 Å². The predicted molar refractivity (Wildman–Crippen MR) is 106 cm³/mol. The lowest BCUT2D eigenvalue weighted by Crippen LogP contribution is -2.12. The molecule has 0 radical (unpaired) electrons. The van der Waals surface area contributed by atoms with Gasteiger partial charge in [-0.3, -0.25) is 4.79 Å². The number of pyridine rings is 1. The van der Waals surface area contributed by atoms with E-state index in [0.717, 1.165) is 11.2 Å². The van der Waals surface area contributed by atoms with Crippen LogP contribution in [0.2, 0.25) is 5.02 Å². The first-order valence-electron chi connectivity index (χ1n) is 7.63. The van der Waals surface area contributed by atoms with Crippen LogP contribution in [0.4, 0.5) is 5.69 Å². The average Bonchev–Trinajstić information content (AvgIpc) is 3.11. The molecule has 0 atom stereocenters. The molecule has 0 aliphatic heterocycles. The van der Waals surface area contributed by atoms with Crippen LogP contribution in [-0.4, -0.2) is 41.6 Å². The van der Waals surface area contributed by atoms with E-state index in [9.17, 15) is 13.2 Å². The molecule has 0 aliphatic carbocycles. The lowest BCUT2D eigenvalue weighted by atomic mass is 10.3. The Balaban J connectivity index is 1.81. The number of benzene rings is 1. The van der Waals surface area contributed by atoms with Crippen LogP contribution in [0.1, 0.15) is 10.4 Å². The van der Waals surface area contributed by atoms with Gasteiger partial charge in [-0.2, -0.15) is 5.10 Å². The molecule has 0 saturated carbocycles. The van der Waals surface area contributed by atoms with Crippen molar-refractivity contribution < 1.29 is 13.2 Å². The summed E-state index contributed by atoms with van der Waals surface area (Å²) in [5, 5.41) is 6.98. The third kappa shape index (κ3) is 4.68. The second-order valence-electron chi connectivity index (χ2n) is 5.63. The van der Waals surface area contributed by atoms with Gasteiger partial charge in [-0.1, -0.05) is 11.6 Å². The largest absolute Gasteiger partial charge is 0.322 e. The molecule has 0 saturated heterocycles. The topological polar surface area (TPSA) is 94.0 Å². The summed E-state index contributed by atoms with van der Waals surface area (Å²) in [4.78, 5) is 17.8. The number of sulfone groups is 1. The van der Waals surface area contributed by atoms with Gasteiger partial charge >= 0.3 is 0 Å². The zero-order chi connectivity index (χ0) is 19.6. The van der Waals surface area contributed by atoms with Crippen molar-refractivity contribution in [3.63, 3.8) is 0 Å². The number of nitrogens with one attached hydrogen (secondary N) is 1. The van der Waals surface area contributed by atoms with Gasteiger partial charge in [0.05, 0.1) is 16.7 Å². The summed E-state index contributed by atoms with van der Waals surface area (Å²) >= 11 is 7.53. The highest BCUT2D eigenvalue weighted by atomic mass is 35.5. The van der Waals surface area contributed by atoms with Gasteiger partial charge in [-0.05, 0) is 36.6 Å². The van der Waals surface area contributed by atoms with Crippen molar-refractivity contribution in [3.8, 4) is 5.82 Å². The van der Waals surface area contributed by atoms with Gasteiger partial charge in [-0.25, -0.2) is 18.1 Å². The van der Waals surface area contributed by atoms with Crippen molar-refractivity contribution in [2.75, 3.05) is 17.8 Å². The SMILES string of the molecule is CSc1ccc(-n2cc(C(=O)Nc3cc(Cl)cc(S(C)(=O)=O)c3)cn2)nc1. The molecule has 0 aliphatic rings. The van der Waals surface area contributed by atoms with Crippen molar-refractivity contribution in [2.24, 2.45) is 0 Å². The first kappa shape index (κ1) is 19.4. The molecular formula is C17H15ClN4O3S2. The number of anilines is 1. The number of aromatic nitrogens is 3. The fourth-order valence-corrected chi connectivity index (χ4v) is 3.59. The first-order valence-corrected chi connectivity index (χ1v) is 11.1. The van der Waals surface area contributed by atoms with Gasteiger partial charge in [0.15, 0.2) is 15.7 Å². The maximum atomic E-state index is 12.5. The molecule has 3 aromatic rings. The van der Waals surface area contributed by atoms with Crippen LogP contribution in [0.3, 0.4) is 0 Å². The van der Waals surface area contributed by atoms with E-state index in [-0.39, 0.29) is 15.6 Å². The van der Waals surface area contributed by atoms with Crippen molar-refractivity contribution in [2.45, 2.75) is 9.79 Å². The zero-order valence-electron chi connectivity index (χ0n) is 14.4. The van der Waals surface area contributed by atoms with Crippen LogP contribution in [-0.2, 0) is 9.84 Å². The summed E-state index contributed by atoms with van der Waals surface area (Å²) in [5.41, 5.74) is 0.578. The summed E-state index contributed by atoms with van der Waals surface area (Å²) in [7, 11) is -3.45. The second kappa shape index (κ2) is 7.71. The van der Waals surface area contributed by atoms with E-state index < -0.39 is 15.7 Å². The molecule has 3 rings (SSSR count). The van der Waals surface area contributed by atoms with Gasteiger partial charge < -0.3 is 5.32 Å². The Morgan fingerprint density at radius 1 is 1.22 bits per heavy atom. The van der Waals surface area contributed by atoms with Crippen molar-refractivity contribution in [1.82, 2.24) is 14.8 Å². The van der Waals surface area contributed by atoms with E-state index in [1.54, 1.807) is 30.2 Å². The smallest absolute Gasteiger partial charge is 0.258 e. The lowest BCUT2D eigenvalue weighted by molar-refractivity contribution is 0.102. The number of rotatable bonds is 5. The number of thioether (sulfide) groups is 1. The second-order valence-corrected chi connectivity index (χ2v) is 8.96. The molecule has 2 aromatic heterocycles. The quantitative estimate of drug-likeness (QED) is 0.634. The zero-order valence-corrected chi connectivity index (χ0v) is 16.8. The lowest BCUT2D eigenvalue weighted by Gasteiger charge is -2.07. The van der Waals surface area contributed by atoms with Crippen LogP contribution in [0.25, 0.3) is 5.82 Å². The summed E-state index contributed by atoms with van der Waals surface area (Å²) in [6.07, 6.45) is 7.70. The Kier molecular flexibility index (Phi) is 5.54. The number of amides is 1. The summed E-state index contributed by atoms with van der Waals surface area (Å²) in [5.74, 6) is 0.137. The summed E-state index contributed by atoms with van der Waals surface area (Å²) in [6, 6.07) is 7.87. The van der Waals surface area contributed by atoms with Crippen molar-refractivity contribution >= 4 is 44.8 Å². The number of nitrogens with zero attached hydrogens (tertiary/aromatic N) is 3. The van der Waals surface area contributed by atoms with Gasteiger partial charge in [0.1, 0.15) is 0 Å². The Morgan fingerprint density at radius 3 is 2.63 bits per heavy atom. The summed E-state index contributed by atoms with van der Waals surface area (Å²) in [6.45, 7) is 0. The summed E-state index contributed by atoms with van der Waals surface area (Å²) < 4.78 is 24.9. The fraction of sp³-hybridized carbons (Fsp3) is 0.118. The Morgan fingerprint density at radius 2 is 2.00 bits per heavy atom. The minimum absolute atomic E-state index is 0.0269. The third-order valence-corrected chi connectivity index (χ3v) is 5.62. The third-order valence-electron chi connectivity index (χ3n) is 3.59. The van der Waals surface area contributed by atoms with Crippen LogP contribution >= 0.6 is 23.4 Å². The normalized spacial score (nSPS) is 11.4. The van der Waals surface area contributed by atoms with Crippen LogP contribution in [0.15, 0.2) is 58.7 Å². The van der Waals surface area contributed by atoms with E-state index in [1.165, 1.54) is 29.1 Å². The highest BCUT2D eigenvalue weighted by Gasteiger charge is 2.14. The molecule has 0 bridgehead atoms. The molecule has 27 heavy (non-hydrogen) atoms. The van der Waals surface area contributed by atoms with Crippen molar-refractivity contribution in [3.05, 3.63) is 59.5 Å². The van der Waals surface area contributed by atoms with Crippen LogP contribution in [0.5, 0.6) is 0 Å². The van der Waals surface area contributed by atoms with E-state index in [4.69, 9.17) is 11.6 Å². The number of carbonyl (C=O) groups excluding carboxylic acids is 1. The molecule has 0 fully saturated rings. The minimum Gasteiger partial charge on any atom is -0.322 e. The standard InChI is InChI=1S/C17H15ClN4O3S2/c1-26-14-3-4-16(19-9-14)22-10-11(8-20-22)17(23)21-13-5-12(18)6-15(7-13)27(2,24)25/h3-10H,1-2H3,(H,21,23). The molecule has 2 heterocycles. The molecule has 1 amide bonds. The van der Waals surface area contributed by atoms with Gasteiger partial charge in [-0.15, -0.1) is 11.8 Å². The van der Waals surface area contributed by atoms with Crippen molar-refractivity contribution in [1.29, 1.82) is 0 Å². The molecule has 1 N–H and O–H groups in total. The highest BCUT2D eigenvalue weighted by molar-refractivity contribution is 7.98. The Hall–Kier alpha value is -2.36. The number of carbonyl (C=O) groups is 1. The Bertz CT molecular complexity index is 1100. The minimum atomic E-state index is -3.45. The molecule has 1 aromatic carbocycles. The number of hydrogen-bond acceptors (Lipinski definition) is 6. The molecule has 0 spiro atoms. The monoisotopic (exact) mass is 422 g/mol. The molecule has 7 nitrogen and oxygen atoms in total.